The topological polar surface area (TPSA) is 63.6 Å². The third-order valence-electron chi connectivity index (χ3n) is 1.00. The summed E-state index contributed by atoms with van der Waals surface area (Å²) in [6.07, 6.45) is 0. The van der Waals surface area contributed by atoms with Crippen LogP contribution in [0.15, 0.2) is 12.0 Å². The molecule has 66 valence electrons. The number of sulfone groups is 1. The monoisotopic (exact) mass is 180 g/mol. The van der Waals surface area contributed by atoms with Crippen LogP contribution in [0.2, 0.25) is 0 Å². The van der Waals surface area contributed by atoms with Gasteiger partial charge in [-0.3, -0.25) is 0 Å². The minimum atomic E-state index is -3.14. The van der Waals surface area contributed by atoms with E-state index in [-0.39, 0.29) is 25.6 Å². The summed E-state index contributed by atoms with van der Waals surface area (Å²) in [6.45, 7) is 3.33. The first-order chi connectivity index (χ1) is 5.12. The zero-order chi connectivity index (χ0) is 8.74. The standard InChI is InChI=1S/C6H12O4S/c1-2-11(8,9)6-5-10-4-3-7/h2,7H,1,3-6H2. The number of hydrogen-bond acceptors (Lipinski definition) is 4. The second-order valence-corrected chi connectivity index (χ2v) is 3.94. The van der Waals surface area contributed by atoms with Crippen molar-refractivity contribution in [1.29, 1.82) is 0 Å². The Morgan fingerprint density at radius 1 is 1.45 bits per heavy atom. The highest BCUT2D eigenvalue weighted by atomic mass is 32.2. The first-order valence-corrected chi connectivity index (χ1v) is 4.87. The van der Waals surface area contributed by atoms with Crippen LogP contribution < -0.4 is 0 Å². The van der Waals surface area contributed by atoms with Gasteiger partial charge < -0.3 is 9.84 Å². The summed E-state index contributed by atoms with van der Waals surface area (Å²) < 4.78 is 26.1. The number of ether oxygens (including phenoxy) is 1. The molecular weight excluding hydrogens is 168 g/mol. The smallest absolute Gasteiger partial charge is 0.173 e. The zero-order valence-corrected chi connectivity index (χ0v) is 7.01. The van der Waals surface area contributed by atoms with Crippen LogP contribution >= 0.6 is 0 Å². The van der Waals surface area contributed by atoms with Gasteiger partial charge in [0.1, 0.15) is 0 Å². The fraction of sp³-hybridized carbons (Fsp3) is 0.667. The predicted octanol–water partition coefficient (Wildman–Crippen LogP) is -0.446. The van der Waals surface area contributed by atoms with Gasteiger partial charge >= 0.3 is 0 Å². The Morgan fingerprint density at radius 3 is 2.55 bits per heavy atom. The fourth-order valence-corrected chi connectivity index (χ4v) is 0.942. The van der Waals surface area contributed by atoms with Crippen LogP contribution in [0.1, 0.15) is 0 Å². The molecule has 1 N–H and O–H groups in total. The second kappa shape index (κ2) is 5.29. The molecule has 4 nitrogen and oxygen atoms in total. The van der Waals surface area contributed by atoms with Crippen molar-refractivity contribution in [3.05, 3.63) is 12.0 Å². The highest BCUT2D eigenvalue weighted by molar-refractivity contribution is 7.94. The maximum atomic E-state index is 10.7. The highest BCUT2D eigenvalue weighted by Crippen LogP contribution is 1.89. The average Bonchev–Trinajstić information content (AvgIpc) is 1.99. The molecule has 0 aromatic carbocycles. The lowest BCUT2D eigenvalue weighted by Gasteiger charge is -1.99. The fourth-order valence-electron chi connectivity index (χ4n) is 0.425. The van der Waals surface area contributed by atoms with Crippen LogP contribution in [0.5, 0.6) is 0 Å². The van der Waals surface area contributed by atoms with Crippen molar-refractivity contribution in [2.45, 2.75) is 0 Å². The van der Waals surface area contributed by atoms with E-state index in [1.165, 1.54) is 0 Å². The van der Waals surface area contributed by atoms with Crippen molar-refractivity contribution >= 4 is 9.84 Å². The zero-order valence-electron chi connectivity index (χ0n) is 6.19. The van der Waals surface area contributed by atoms with Gasteiger partial charge in [0.25, 0.3) is 0 Å². The van der Waals surface area contributed by atoms with Crippen molar-refractivity contribution < 1.29 is 18.3 Å². The van der Waals surface area contributed by atoms with E-state index in [0.717, 1.165) is 5.41 Å². The molecule has 11 heavy (non-hydrogen) atoms. The van der Waals surface area contributed by atoms with E-state index >= 15 is 0 Å². The summed E-state index contributed by atoms with van der Waals surface area (Å²) >= 11 is 0. The Kier molecular flexibility index (Phi) is 5.10. The van der Waals surface area contributed by atoms with E-state index < -0.39 is 9.84 Å². The molecule has 0 unspecified atom stereocenters. The van der Waals surface area contributed by atoms with Crippen LogP contribution in [0.4, 0.5) is 0 Å². The van der Waals surface area contributed by atoms with E-state index in [2.05, 4.69) is 6.58 Å². The van der Waals surface area contributed by atoms with Gasteiger partial charge in [0.2, 0.25) is 0 Å². The Balaban J connectivity index is 3.47. The molecule has 0 aliphatic carbocycles. The molecular formula is C6H12O4S. The number of aliphatic hydroxyl groups is 1. The third-order valence-corrected chi connectivity index (χ3v) is 2.25. The van der Waals surface area contributed by atoms with Gasteiger partial charge in [-0.15, -0.1) is 0 Å². The van der Waals surface area contributed by atoms with Crippen molar-refractivity contribution in [3.63, 3.8) is 0 Å². The minimum Gasteiger partial charge on any atom is -0.394 e. The summed E-state index contributed by atoms with van der Waals surface area (Å²) in [7, 11) is -3.14. The number of aliphatic hydroxyl groups excluding tert-OH is 1. The summed E-state index contributed by atoms with van der Waals surface area (Å²) in [5.74, 6) is -0.0729. The molecule has 0 spiro atoms. The van der Waals surface area contributed by atoms with Crippen LogP contribution in [0, 0.1) is 0 Å². The van der Waals surface area contributed by atoms with Gasteiger partial charge in [0, 0.05) is 5.41 Å². The summed E-state index contributed by atoms with van der Waals surface area (Å²) in [5, 5.41) is 9.16. The molecule has 0 atom stereocenters. The summed E-state index contributed by atoms with van der Waals surface area (Å²) in [6, 6.07) is 0. The molecule has 0 radical (unpaired) electrons. The average molecular weight is 180 g/mol. The molecule has 5 heteroatoms. The van der Waals surface area contributed by atoms with Gasteiger partial charge in [-0.1, -0.05) is 6.58 Å². The molecule has 0 fully saturated rings. The van der Waals surface area contributed by atoms with Crippen LogP contribution in [-0.4, -0.2) is 39.1 Å². The van der Waals surface area contributed by atoms with E-state index in [9.17, 15) is 8.42 Å². The molecule has 0 saturated heterocycles. The maximum absolute atomic E-state index is 10.7. The second-order valence-electron chi connectivity index (χ2n) is 1.87. The van der Waals surface area contributed by atoms with E-state index in [1.807, 2.05) is 0 Å². The van der Waals surface area contributed by atoms with Gasteiger partial charge in [-0.05, 0) is 0 Å². The third kappa shape index (κ3) is 6.03. The maximum Gasteiger partial charge on any atom is 0.173 e. The van der Waals surface area contributed by atoms with Crippen molar-refractivity contribution in [3.8, 4) is 0 Å². The summed E-state index contributed by atoms with van der Waals surface area (Å²) in [5.41, 5.74) is 0. The Hall–Kier alpha value is -0.390. The first-order valence-electron chi connectivity index (χ1n) is 3.16. The first kappa shape index (κ1) is 10.6. The lowest BCUT2D eigenvalue weighted by molar-refractivity contribution is 0.103. The van der Waals surface area contributed by atoms with E-state index in [4.69, 9.17) is 9.84 Å². The van der Waals surface area contributed by atoms with Gasteiger partial charge in [0.05, 0.1) is 25.6 Å². The lowest BCUT2D eigenvalue weighted by Crippen LogP contribution is -2.10. The largest absolute Gasteiger partial charge is 0.394 e. The van der Waals surface area contributed by atoms with Crippen molar-refractivity contribution in [1.82, 2.24) is 0 Å². The van der Waals surface area contributed by atoms with Gasteiger partial charge in [-0.2, -0.15) is 0 Å². The van der Waals surface area contributed by atoms with Crippen LogP contribution in [0.3, 0.4) is 0 Å². The molecule has 0 bridgehead atoms. The molecule has 0 heterocycles. The highest BCUT2D eigenvalue weighted by Gasteiger charge is 2.03. The van der Waals surface area contributed by atoms with Gasteiger partial charge in [-0.25, -0.2) is 8.42 Å². The molecule has 0 saturated carbocycles. The quantitative estimate of drug-likeness (QED) is 0.562. The molecule has 0 aromatic rings. The summed E-state index contributed by atoms with van der Waals surface area (Å²) in [4.78, 5) is 0. The van der Waals surface area contributed by atoms with Crippen molar-refractivity contribution in [2.24, 2.45) is 0 Å². The SMILES string of the molecule is C=CS(=O)(=O)CCOCCO. The molecule has 0 amide bonds. The molecule has 0 rings (SSSR count). The Morgan fingerprint density at radius 2 is 2.09 bits per heavy atom. The van der Waals surface area contributed by atoms with Crippen molar-refractivity contribution in [2.75, 3.05) is 25.6 Å². The molecule has 0 aromatic heterocycles. The predicted molar refractivity (Wildman–Crippen MR) is 41.9 cm³/mol. The number of rotatable bonds is 6. The minimum absolute atomic E-state index is 0.0729. The Labute approximate surface area is 66.4 Å². The van der Waals surface area contributed by atoms with E-state index in [1.54, 1.807) is 0 Å². The van der Waals surface area contributed by atoms with Gasteiger partial charge in [0.15, 0.2) is 9.84 Å². The van der Waals surface area contributed by atoms with Crippen LogP contribution in [0.25, 0.3) is 0 Å². The normalized spacial score (nSPS) is 11.4. The lowest BCUT2D eigenvalue weighted by atomic mass is 10.7. The van der Waals surface area contributed by atoms with E-state index in [0.29, 0.717) is 0 Å². The molecule has 0 aliphatic rings. The molecule has 0 aliphatic heterocycles. The van der Waals surface area contributed by atoms with Crippen LogP contribution in [-0.2, 0) is 14.6 Å². The Bertz CT molecular complexity index is 195. The number of hydrogen-bond donors (Lipinski definition) is 1.